The van der Waals surface area contributed by atoms with Crippen molar-refractivity contribution in [2.24, 2.45) is 0 Å². The molecule has 0 aliphatic carbocycles. The molecule has 2 aromatic rings. The standard InChI is InChI=1S/C18H16N2O4/c19-9-13-5-7-14(8-6-13)22-12-18(21)20-10-15-11-23-16-3-1-2-4-17(16)24-15/h1-8,15H,10-12H2,(H,20,21)/t15-/m1/s1. The first-order valence-corrected chi connectivity index (χ1v) is 7.53. The van der Waals surface area contributed by atoms with Crippen LogP contribution in [0.5, 0.6) is 17.2 Å². The Balaban J connectivity index is 1.42. The lowest BCUT2D eigenvalue weighted by atomic mass is 10.2. The molecule has 0 fully saturated rings. The molecule has 1 atom stereocenters. The molecule has 0 unspecified atom stereocenters. The average molecular weight is 324 g/mol. The number of carbonyl (C=O) groups excluding carboxylic acids is 1. The quantitative estimate of drug-likeness (QED) is 0.908. The summed E-state index contributed by atoms with van der Waals surface area (Å²) in [6.07, 6.45) is -0.237. The minimum absolute atomic E-state index is 0.101. The number of nitrogens with one attached hydrogen (secondary N) is 1. The number of hydrogen-bond acceptors (Lipinski definition) is 5. The number of para-hydroxylation sites is 2. The zero-order valence-corrected chi connectivity index (χ0v) is 12.9. The van der Waals surface area contributed by atoms with E-state index < -0.39 is 0 Å². The lowest BCUT2D eigenvalue weighted by molar-refractivity contribution is -0.123. The summed E-state index contributed by atoms with van der Waals surface area (Å²) in [5, 5.41) is 11.5. The van der Waals surface area contributed by atoms with E-state index >= 15 is 0 Å². The van der Waals surface area contributed by atoms with Crippen LogP contribution in [-0.4, -0.2) is 31.8 Å². The lowest BCUT2D eigenvalue weighted by Gasteiger charge is -2.26. The maximum atomic E-state index is 11.8. The Morgan fingerprint density at radius 3 is 2.71 bits per heavy atom. The number of benzene rings is 2. The molecule has 0 spiro atoms. The van der Waals surface area contributed by atoms with Crippen LogP contribution in [0.2, 0.25) is 0 Å². The third-order valence-electron chi connectivity index (χ3n) is 3.45. The number of amides is 1. The summed E-state index contributed by atoms with van der Waals surface area (Å²) in [5.41, 5.74) is 0.543. The van der Waals surface area contributed by atoms with Crippen LogP contribution in [0.3, 0.4) is 0 Å². The van der Waals surface area contributed by atoms with Crippen molar-refractivity contribution in [1.82, 2.24) is 5.32 Å². The summed E-state index contributed by atoms with van der Waals surface area (Å²) in [6, 6.07) is 16.0. The summed E-state index contributed by atoms with van der Waals surface area (Å²) in [4.78, 5) is 11.8. The topological polar surface area (TPSA) is 80.6 Å². The van der Waals surface area contributed by atoms with Crippen molar-refractivity contribution >= 4 is 5.91 Å². The van der Waals surface area contributed by atoms with E-state index in [0.29, 0.717) is 36.0 Å². The van der Waals surface area contributed by atoms with Crippen molar-refractivity contribution in [2.45, 2.75) is 6.10 Å². The number of carbonyl (C=O) groups is 1. The molecular formula is C18H16N2O4. The molecule has 1 amide bonds. The molecule has 122 valence electrons. The van der Waals surface area contributed by atoms with Gasteiger partial charge >= 0.3 is 0 Å². The van der Waals surface area contributed by atoms with Crippen LogP contribution < -0.4 is 19.5 Å². The number of rotatable bonds is 5. The largest absolute Gasteiger partial charge is 0.486 e. The Bertz CT molecular complexity index is 752. The van der Waals surface area contributed by atoms with E-state index in [-0.39, 0.29) is 18.6 Å². The number of hydrogen-bond donors (Lipinski definition) is 1. The third-order valence-corrected chi connectivity index (χ3v) is 3.45. The van der Waals surface area contributed by atoms with Crippen LogP contribution in [0, 0.1) is 11.3 Å². The van der Waals surface area contributed by atoms with Gasteiger partial charge in [-0.25, -0.2) is 0 Å². The molecule has 0 bridgehead atoms. The summed E-state index contributed by atoms with van der Waals surface area (Å²) >= 11 is 0. The van der Waals surface area contributed by atoms with Crippen molar-refractivity contribution in [2.75, 3.05) is 19.8 Å². The lowest BCUT2D eigenvalue weighted by Crippen LogP contribution is -2.42. The van der Waals surface area contributed by atoms with Crippen LogP contribution in [0.15, 0.2) is 48.5 Å². The maximum absolute atomic E-state index is 11.8. The Morgan fingerprint density at radius 1 is 1.21 bits per heavy atom. The molecule has 1 aliphatic heterocycles. The van der Waals surface area contributed by atoms with Gasteiger partial charge in [-0.05, 0) is 36.4 Å². The van der Waals surface area contributed by atoms with Crippen molar-refractivity contribution < 1.29 is 19.0 Å². The highest BCUT2D eigenvalue weighted by Gasteiger charge is 2.21. The normalized spacial score (nSPS) is 15.2. The Hall–Kier alpha value is -3.20. The van der Waals surface area contributed by atoms with Gasteiger partial charge in [0.15, 0.2) is 18.1 Å². The predicted molar refractivity (Wildman–Crippen MR) is 86.0 cm³/mol. The van der Waals surface area contributed by atoms with Crippen molar-refractivity contribution in [3.63, 3.8) is 0 Å². The first-order valence-electron chi connectivity index (χ1n) is 7.53. The Kier molecular flexibility index (Phi) is 4.82. The van der Waals surface area contributed by atoms with Crippen LogP contribution in [0.25, 0.3) is 0 Å². The van der Waals surface area contributed by atoms with Gasteiger partial charge in [-0.1, -0.05) is 12.1 Å². The SMILES string of the molecule is N#Cc1ccc(OCC(=O)NC[C@@H]2COc3ccccc3O2)cc1. The number of fused-ring (bicyclic) bond motifs is 1. The fraction of sp³-hybridized carbons (Fsp3) is 0.222. The minimum atomic E-state index is -0.248. The number of nitrogens with zero attached hydrogens (tertiary/aromatic N) is 1. The van der Waals surface area contributed by atoms with E-state index in [0.717, 1.165) is 0 Å². The average Bonchev–Trinajstić information content (AvgIpc) is 2.65. The zero-order valence-electron chi connectivity index (χ0n) is 12.9. The number of ether oxygens (including phenoxy) is 3. The molecule has 0 aromatic heterocycles. The Labute approximate surface area is 139 Å². The minimum Gasteiger partial charge on any atom is -0.486 e. The van der Waals surface area contributed by atoms with E-state index in [4.69, 9.17) is 19.5 Å². The molecule has 1 N–H and O–H groups in total. The zero-order chi connectivity index (χ0) is 16.8. The first-order chi connectivity index (χ1) is 11.7. The summed E-state index contributed by atoms with van der Waals surface area (Å²) in [5.74, 6) is 1.68. The van der Waals surface area contributed by atoms with Gasteiger partial charge in [0.2, 0.25) is 0 Å². The van der Waals surface area contributed by atoms with Gasteiger partial charge in [0.05, 0.1) is 18.2 Å². The molecule has 6 nitrogen and oxygen atoms in total. The molecule has 3 rings (SSSR count). The molecule has 0 saturated heterocycles. The first kappa shape index (κ1) is 15.7. The summed E-state index contributed by atoms with van der Waals surface area (Å²) in [6.45, 7) is 0.619. The molecule has 0 radical (unpaired) electrons. The fourth-order valence-electron chi connectivity index (χ4n) is 2.22. The second-order valence-electron chi connectivity index (χ2n) is 5.23. The van der Waals surface area contributed by atoms with Crippen molar-refractivity contribution in [1.29, 1.82) is 5.26 Å². The smallest absolute Gasteiger partial charge is 0.258 e. The molecule has 0 saturated carbocycles. The van der Waals surface area contributed by atoms with E-state index in [1.807, 2.05) is 30.3 Å². The molecule has 1 aliphatic rings. The fourth-order valence-corrected chi connectivity index (χ4v) is 2.22. The highest BCUT2D eigenvalue weighted by molar-refractivity contribution is 5.77. The predicted octanol–water partition coefficient (Wildman–Crippen LogP) is 1.89. The van der Waals surface area contributed by atoms with Gasteiger partial charge in [-0.15, -0.1) is 0 Å². The van der Waals surface area contributed by atoms with Gasteiger partial charge in [0, 0.05) is 0 Å². The van der Waals surface area contributed by atoms with Gasteiger partial charge in [0.25, 0.3) is 5.91 Å². The van der Waals surface area contributed by atoms with Crippen molar-refractivity contribution in [3.8, 4) is 23.3 Å². The third kappa shape index (κ3) is 3.96. The van der Waals surface area contributed by atoms with Crippen LogP contribution in [0.1, 0.15) is 5.56 Å². The summed E-state index contributed by atoms with van der Waals surface area (Å²) < 4.78 is 16.7. The highest BCUT2D eigenvalue weighted by atomic mass is 16.6. The van der Waals surface area contributed by atoms with Gasteiger partial charge in [-0.3, -0.25) is 4.79 Å². The molecular weight excluding hydrogens is 308 g/mol. The van der Waals surface area contributed by atoms with Gasteiger partial charge in [0.1, 0.15) is 18.5 Å². The highest BCUT2D eigenvalue weighted by Crippen LogP contribution is 2.30. The number of nitriles is 1. The van der Waals surface area contributed by atoms with E-state index in [2.05, 4.69) is 5.32 Å². The van der Waals surface area contributed by atoms with E-state index in [1.165, 1.54) is 0 Å². The second-order valence-corrected chi connectivity index (χ2v) is 5.23. The van der Waals surface area contributed by atoms with E-state index in [1.54, 1.807) is 24.3 Å². The van der Waals surface area contributed by atoms with Crippen LogP contribution in [-0.2, 0) is 4.79 Å². The molecule has 2 aromatic carbocycles. The molecule has 24 heavy (non-hydrogen) atoms. The van der Waals surface area contributed by atoms with Crippen LogP contribution in [0.4, 0.5) is 0 Å². The Morgan fingerprint density at radius 2 is 1.96 bits per heavy atom. The van der Waals surface area contributed by atoms with Gasteiger partial charge in [-0.2, -0.15) is 5.26 Å². The summed E-state index contributed by atoms with van der Waals surface area (Å²) in [7, 11) is 0. The second kappa shape index (κ2) is 7.38. The van der Waals surface area contributed by atoms with E-state index in [9.17, 15) is 4.79 Å². The molecule has 1 heterocycles. The maximum Gasteiger partial charge on any atom is 0.258 e. The van der Waals surface area contributed by atoms with Gasteiger partial charge < -0.3 is 19.5 Å². The monoisotopic (exact) mass is 324 g/mol. The van der Waals surface area contributed by atoms with Crippen LogP contribution >= 0.6 is 0 Å². The van der Waals surface area contributed by atoms with Crippen molar-refractivity contribution in [3.05, 3.63) is 54.1 Å². The molecule has 6 heteroatoms.